The summed E-state index contributed by atoms with van der Waals surface area (Å²) in [5.74, 6) is -0.147. The predicted molar refractivity (Wildman–Crippen MR) is 254 cm³/mol. The number of quaternary nitrogens is 1. The predicted octanol–water partition coefficient (Wildman–Crippen LogP) is 14.5. The van der Waals surface area contributed by atoms with E-state index in [-0.39, 0.29) is 19.1 Å². The molecule has 0 spiro atoms. The molecule has 0 radical (unpaired) electrons. The van der Waals surface area contributed by atoms with E-state index in [9.17, 15) is 19.4 Å². The van der Waals surface area contributed by atoms with Crippen molar-refractivity contribution in [3.05, 3.63) is 24.3 Å². The van der Waals surface area contributed by atoms with Gasteiger partial charge in [0.2, 0.25) is 5.91 Å². The number of allylic oxidation sites excluding steroid dienone is 4. The fourth-order valence-corrected chi connectivity index (χ4v) is 8.17. The molecule has 3 atom stereocenters. The molecule has 9 heteroatoms. The maximum Gasteiger partial charge on any atom is 0.472 e. The lowest BCUT2D eigenvalue weighted by atomic mass is 10.0. The standard InChI is InChI=1S/C50H99N2O6P/c1-6-8-10-12-14-16-18-19-20-21-22-23-24-25-26-27-28-29-30-31-32-33-34-36-38-40-42-44-50(54)51-48(47-58-59(55,56)57-46-45-52(3,4)5)49(53)43-41-39-37-35-17-15-13-11-9-7-2/h22-23,25-26,48-49,53H,6-21,24,27-47H2,1-5H3,(H-,51,54,55,56)/p+1/b23-22-,26-25-. The van der Waals surface area contributed by atoms with Crippen molar-refractivity contribution in [1.29, 1.82) is 0 Å². The first-order chi connectivity index (χ1) is 28.5. The number of likely N-dealkylation sites (N-methyl/N-ethyl adjacent to an activating group) is 1. The van der Waals surface area contributed by atoms with Crippen LogP contribution in [0.15, 0.2) is 24.3 Å². The number of rotatable bonds is 46. The molecule has 0 saturated carbocycles. The van der Waals surface area contributed by atoms with E-state index in [1.54, 1.807) is 0 Å². The van der Waals surface area contributed by atoms with E-state index in [1.807, 2.05) is 21.1 Å². The summed E-state index contributed by atoms with van der Waals surface area (Å²) < 4.78 is 23.6. The van der Waals surface area contributed by atoms with Gasteiger partial charge in [0.05, 0.1) is 39.9 Å². The Morgan fingerprint density at radius 2 is 0.966 bits per heavy atom. The summed E-state index contributed by atoms with van der Waals surface area (Å²) in [6.07, 6.45) is 50.8. The molecule has 0 heterocycles. The normalized spacial score (nSPS) is 14.4. The van der Waals surface area contributed by atoms with Gasteiger partial charge in [0, 0.05) is 6.42 Å². The lowest BCUT2D eigenvalue weighted by Gasteiger charge is -2.26. The van der Waals surface area contributed by atoms with Crippen molar-refractivity contribution < 1.29 is 32.9 Å². The van der Waals surface area contributed by atoms with Crippen LogP contribution in [-0.4, -0.2) is 73.4 Å². The third kappa shape index (κ3) is 44.8. The number of amides is 1. The molecule has 1 amide bonds. The molecular weight excluding hydrogens is 756 g/mol. The van der Waals surface area contributed by atoms with E-state index in [0.29, 0.717) is 23.9 Å². The highest BCUT2D eigenvalue weighted by Crippen LogP contribution is 2.43. The second-order valence-electron chi connectivity index (χ2n) is 18.5. The van der Waals surface area contributed by atoms with Crippen molar-refractivity contribution in [2.75, 3.05) is 40.9 Å². The highest BCUT2D eigenvalue weighted by Gasteiger charge is 2.28. The molecule has 0 aromatic rings. The van der Waals surface area contributed by atoms with Crippen molar-refractivity contribution in [3.8, 4) is 0 Å². The van der Waals surface area contributed by atoms with Crippen molar-refractivity contribution in [3.63, 3.8) is 0 Å². The van der Waals surface area contributed by atoms with Crippen LogP contribution in [0.25, 0.3) is 0 Å². The number of aliphatic hydroxyl groups excluding tert-OH is 1. The molecule has 0 rings (SSSR count). The number of hydrogen-bond acceptors (Lipinski definition) is 5. The van der Waals surface area contributed by atoms with Gasteiger partial charge in [-0.3, -0.25) is 13.8 Å². The number of nitrogens with zero attached hydrogens (tertiary/aromatic N) is 1. The van der Waals surface area contributed by atoms with Crippen LogP contribution >= 0.6 is 7.82 Å². The summed E-state index contributed by atoms with van der Waals surface area (Å²) in [6.45, 7) is 4.88. The summed E-state index contributed by atoms with van der Waals surface area (Å²) in [6, 6.07) is -0.758. The van der Waals surface area contributed by atoms with Crippen LogP contribution < -0.4 is 5.32 Å². The third-order valence-corrected chi connectivity index (χ3v) is 12.4. The van der Waals surface area contributed by atoms with Crippen LogP contribution in [0.4, 0.5) is 0 Å². The van der Waals surface area contributed by atoms with E-state index in [1.165, 1.54) is 167 Å². The molecular formula is C50H100N2O6P+. The molecule has 3 N–H and O–H groups in total. The van der Waals surface area contributed by atoms with Crippen LogP contribution in [-0.2, 0) is 18.4 Å². The zero-order chi connectivity index (χ0) is 43.6. The lowest BCUT2D eigenvalue weighted by molar-refractivity contribution is -0.870. The minimum Gasteiger partial charge on any atom is -0.391 e. The zero-order valence-electron chi connectivity index (χ0n) is 39.8. The van der Waals surface area contributed by atoms with Crippen LogP contribution in [0.5, 0.6) is 0 Å². The summed E-state index contributed by atoms with van der Waals surface area (Å²) in [5.41, 5.74) is 0. The van der Waals surface area contributed by atoms with Crippen LogP contribution in [0, 0.1) is 0 Å². The first-order valence-electron chi connectivity index (χ1n) is 25.2. The number of phosphoric acid groups is 1. The Bertz CT molecular complexity index is 1020. The van der Waals surface area contributed by atoms with Crippen molar-refractivity contribution in [2.24, 2.45) is 0 Å². The molecule has 0 aromatic heterocycles. The van der Waals surface area contributed by atoms with Crippen LogP contribution in [0.2, 0.25) is 0 Å². The Labute approximate surface area is 366 Å². The van der Waals surface area contributed by atoms with Gasteiger partial charge in [0.1, 0.15) is 13.2 Å². The Morgan fingerprint density at radius 1 is 0.576 bits per heavy atom. The highest BCUT2D eigenvalue weighted by molar-refractivity contribution is 7.47. The monoisotopic (exact) mass is 856 g/mol. The average Bonchev–Trinajstić information content (AvgIpc) is 3.19. The summed E-state index contributed by atoms with van der Waals surface area (Å²) >= 11 is 0. The lowest BCUT2D eigenvalue weighted by Crippen LogP contribution is -2.46. The van der Waals surface area contributed by atoms with Gasteiger partial charge in [0.15, 0.2) is 0 Å². The minimum atomic E-state index is -4.31. The van der Waals surface area contributed by atoms with Crippen LogP contribution in [0.1, 0.15) is 239 Å². The van der Waals surface area contributed by atoms with Crippen LogP contribution in [0.3, 0.4) is 0 Å². The van der Waals surface area contributed by atoms with Gasteiger partial charge in [-0.15, -0.1) is 0 Å². The van der Waals surface area contributed by atoms with Gasteiger partial charge >= 0.3 is 7.82 Å². The summed E-state index contributed by atoms with van der Waals surface area (Å²) in [4.78, 5) is 23.2. The number of unbranched alkanes of at least 4 members (excludes halogenated alkanes) is 29. The molecule has 0 aliphatic heterocycles. The van der Waals surface area contributed by atoms with E-state index in [4.69, 9.17) is 9.05 Å². The SMILES string of the molecule is CCCCCCCCCCC/C=C\C/C=C\CCCCCCCCCCCCCC(=O)NC(COP(=O)(O)OCC[N+](C)(C)C)C(O)CCCCCCCCCCCC. The molecule has 3 unspecified atom stereocenters. The molecule has 0 aliphatic rings. The third-order valence-electron chi connectivity index (χ3n) is 11.5. The Balaban J connectivity index is 4.09. The molecule has 8 nitrogen and oxygen atoms in total. The van der Waals surface area contributed by atoms with Gasteiger partial charge < -0.3 is 19.8 Å². The second kappa shape index (κ2) is 42.3. The van der Waals surface area contributed by atoms with Gasteiger partial charge in [-0.1, -0.05) is 212 Å². The maximum absolute atomic E-state index is 12.9. The largest absolute Gasteiger partial charge is 0.472 e. The number of hydrogen-bond donors (Lipinski definition) is 3. The topological polar surface area (TPSA) is 105 Å². The van der Waals surface area contributed by atoms with Gasteiger partial charge in [-0.2, -0.15) is 0 Å². The fourth-order valence-electron chi connectivity index (χ4n) is 7.43. The van der Waals surface area contributed by atoms with E-state index in [2.05, 4.69) is 43.5 Å². The smallest absolute Gasteiger partial charge is 0.391 e. The van der Waals surface area contributed by atoms with Gasteiger partial charge in [0.25, 0.3) is 0 Å². The van der Waals surface area contributed by atoms with Crippen molar-refractivity contribution in [2.45, 2.75) is 251 Å². The van der Waals surface area contributed by atoms with Crippen molar-refractivity contribution >= 4 is 13.7 Å². The van der Waals surface area contributed by atoms with E-state index in [0.717, 1.165) is 44.9 Å². The molecule has 0 aliphatic carbocycles. The molecule has 350 valence electrons. The fraction of sp³-hybridized carbons (Fsp3) is 0.900. The van der Waals surface area contributed by atoms with Gasteiger partial charge in [-0.25, -0.2) is 4.57 Å². The van der Waals surface area contributed by atoms with Crippen molar-refractivity contribution in [1.82, 2.24) is 5.32 Å². The molecule has 0 fully saturated rings. The minimum absolute atomic E-state index is 0.0749. The first kappa shape index (κ1) is 58.0. The first-order valence-corrected chi connectivity index (χ1v) is 26.7. The highest BCUT2D eigenvalue weighted by atomic mass is 31.2. The quantitative estimate of drug-likeness (QED) is 0.0244. The molecule has 59 heavy (non-hydrogen) atoms. The van der Waals surface area contributed by atoms with Gasteiger partial charge in [-0.05, 0) is 44.9 Å². The number of aliphatic hydroxyl groups is 1. The number of phosphoric ester groups is 1. The number of carbonyl (C=O) groups is 1. The summed E-state index contributed by atoms with van der Waals surface area (Å²) in [5, 5.41) is 13.9. The Hall–Kier alpha value is -1.02. The summed E-state index contributed by atoms with van der Waals surface area (Å²) in [7, 11) is 1.62. The average molecular weight is 856 g/mol. The van der Waals surface area contributed by atoms with E-state index < -0.39 is 20.0 Å². The molecule has 0 saturated heterocycles. The second-order valence-corrected chi connectivity index (χ2v) is 20.0. The Morgan fingerprint density at radius 3 is 1.39 bits per heavy atom. The molecule has 0 bridgehead atoms. The van der Waals surface area contributed by atoms with E-state index >= 15 is 0 Å². The molecule has 0 aromatic carbocycles. The zero-order valence-corrected chi connectivity index (χ0v) is 40.7. The number of nitrogens with one attached hydrogen (secondary N) is 1. The number of carbonyl (C=O) groups excluding carboxylic acids is 1. The Kier molecular flexibility index (Phi) is 41.6. The maximum atomic E-state index is 12.9.